The number of hydrogen-bond acceptors (Lipinski definition) is 2. The first-order chi connectivity index (χ1) is 9.11. The smallest absolute Gasteiger partial charge is 0.221 e. The molecule has 0 bridgehead atoms. The molecular formula is C16H17NO2. The first kappa shape index (κ1) is 13.1. The molecule has 1 N–H and O–H groups in total. The first-order valence-electron chi connectivity index (χ1n) is 6.13. The Morgan fingerprint density at radius 3 is 2.37 bits per heavy atom. The molecule has 3 heteroatoms. The zero-order valence-electron chi connectivity index (χ0n) is 11.4. The maximum absolute atomic E-state index is 11.0. The maximum Gasteiger partial charge on any atom is 0.221 e. The molecular weight excluding hydrogens is 238 g/mol. The summed E-state index contributed by atoms with van der Waals surface area (Å²) in [6, 6.07) is 13.7. The topological polar surface area (TPSA) is 38.3 Å². The van der Waals surface area contributed by atoms with Crippen LogP contribution in [0.4, 0.5) is 5.69 Å². The second-order valence-electron chi connectivity index (χ2n) is 4.41. The number of nitrogens with one attached hydrogen (secondary N) is 1. The summed E-state index contributed by atoms with van der Waals surface area (Å²) in [4.78, 5) is 11.0. The predicted octanol–water partition coefficient (Wildman–Crippen LogP) is 3.63. The number of ether oxygens (including phenoxy) is 1. The number of hydrogen-bond donors (Lipinski definition) is 1. The van der Waals surface area contributed by atoms with E-state index in [0.29, 0.717) is 0 Å². The van der Waals surface area contributed by atoms with Gasteiger partial charge in [-0.1, -0.05) is 24.3 Å². The molecule has 0 aliphatic rings. The van der Waals surface area contributed by atoms with Gasteiger partial charge in [0.1, 0.15) is 5.75 Å². The number of aryl methyl sites for hydroxylation is 1. The lowest BCUT2D eigenvalue weighted by atomic mass is 9.99. The van der Waals surface area contributed by atoms with Crippen molar-refractivity contribution < 1.29 is 9.53 Å². The number of carbonyl (C=O) groups excluding carboxylic acids is 1. The molecule has 0 atom stereocenters. The molecule has 1 amide bonds. The minimum atomic E-state index is -0.0683. The summed E-state index contributed by atoms with van der Waals surface area (Å²) in [6.07, 6.45) is 0. The third-order valence-electron chi connectivity index (χ3n) is 2.95. The summed E-state index contributed by atoms with van der Waals surface area (Å²) in [6.45, 7) is 3.55. The Labute approximate surface area is 113 Å². The van der Waals surface area contributed by atoms with Gasteiger partial charge in [-0.3, -0.25) is 4.79 Å². The van der Waals surface area contributed by atoms with Gasteiger partial charge in [-0.15, -0.1) is 0 Å². The number of carbonyl (C=O) groups is 1. The van der Waals surface area contributed by atoms with Crippen LogP contribution in [0, 0.1) is 6.92 Å². The van der Waals surface area contributed by atoms with Crippen molar-refractivity contribution in [2.24, 2.45) is 0 Å². The average molecular weight is 255 g/mol. The summed E-state index contributed by atoms with van der Waals surface area (Å²) in [5, 5.41) is 2.76. The Balaban J connectivity index is 2.40. The molecule has 0 aliphatic heterocycles. The summed E-state index contributed by atoms with van der Waals surface area (Å²) in [5.74, 6) is 0.786. The summed E-state index contributed by atoms with van der Waals surface area (Å²) in [5.41, 5.74) is 4.11. The third kappa shape index (κ3) is 2.94. The number of methoxy groups -OCH3 is 1. The van der Waals surface area contributed by atoms with Gasteiger partial charge < -0.3 is 10.1 Å². The Hall–Kier alpha value is -2.29. The minimum Gasteiger partial charge on any atom is -0.496 e. The number of anilines is 1. The molecule has 2 aromatic carbocycles. The molecule has 0 spiro atoms. The number of benzene rings is 2. The van der Waals surface area contributed by atoms with Gasteiger partial charge in [0, 0.05) is 18.2 Å². The predicted molar refractivity (Wildman–Crippen MR) is 77.5 cm³/mol. The van der Waals surface area contributed by atoms with Crippen LogP contribution in [0.1, 0.15) is 12.5 Å². The van der Waals surface area contributed by atoms with E-state index < -0.39 is 0 Å². The highest BCUT2D eigenvalue weighted by Crippen LogP contribution is 2.33. The van der Waals surface area contributed by atoms with E-state index in [2.05, 4.69) is 18.3 Å². The van der Waals surface area contributed by atoms with E-state index in [0.717, 1.165) is 28.1 Å². The zero-order chi connectivity index (χ0) is 13.8. The van der Waals surface area contributed by atoms with Crippen LogP contribution >= 0.6 is 0 Å². The standard InChI is InChI=1S/C16H17NO2/c1-11-5-4-6-15(19-3)16(11)13-7-9-14(10-8-13)17-12(2)18/h4-10H,1-3H3,(H,17,18). The molecule has 0 radical (unpaired) electrons. The second kappa shape index (κ2) is 5.57. The molecule has 0 saturated carbocycles. The van der Waals surface area contributed by atoms with Crippen molar-refractivity contribution >= 4 is 11.6 Å². The zero-order valence-corrected chi connectivity index (χ0v) is 11.4. The molecule has 2 aromatic rings. The Bertz CT molecular complexity index is 588. The summed E-state index contributed by atoms with van der Waals surface area (Å²) >= 11 is 0. The molecule has 98 valence electrons. The van der Waals surface area contributed by atoms with Crippen molar-refractivity contribution in [3.05, 3.63) is 48.0 Å². The van der Waals surface area contributed by atoms with E-state index in [1.54, 1.807) is 7.11 Å². The van der Waals surface area contributed by atoms with Gasteiger partial charge in [0.05, 0.1) is 7.11 Å². The van der Waals surface area contributed by atoms with Crippen LogP contribution in [0.25, 0.3) is 11.1 Å². The van der Waals surface area contributed by atoms with Gasteiger partial charge in [0.25, 0.3) is 0 Å². The lowest BCUT2D eigenvalue weighted by Gasteiger charge is -2.12. The van der Waals surface area contributed by atoms with E-state index in [4.69, 9.17) is 4.74 Å². The van der Waals surface area contributed by atoms with Gasteiger partial charge in [-0.25, -0.2) is 0 Å². The van der Waals surface area contributed by atoms with Crippen LogP contribution in [0.3, 0.4) is 0 Å². The fourth-order valence-corrected chi connectivity index (χ4v) is 2.10. The molecule has 19 heavy (non-hydrogen) atoms. The van der Waals surface area contributed by atoms with E-state index in [1.807, 2.05) is 36.4 Å². The van der Waals surface area contributed by atoms with E-state index in [-0.39, 0.29) is 5.91 Å². The maximum atomic E-state index is 11.0. The van der Waals surface area contributed by atoms with Crippen molar-refractivity contribution in [2.75, 3.05) is 12.4 Å². The highest BCUT2D eigenvalue weighted by atomic mass is 16.5. The number of rotatable bonds is 3. The van der Waals surface area contributed by atoms with Gasteiger partial charge >= 0.3 is 0 Å². The quantitative estimate of drug-likeness (QED) is 0.909. The van der Waals surface area contributed by atoms with Gasteiger partial charge in [0.15, 0.2) is 0 Å². The van der Waals surface area contributed by atoms with Crippen molar-refractivity contribution in [3.8, 4) is 16.9 Å². The van der Waals surface area contributed by atoms with Crippen molar-refractivity contribution in [3.63, 3.8) is 0 Å². The van der Waals surface area contributed by atoms with Gasteiger partial charge in [-0.05, 0) is 36.2 Å². The monoisotopic (exact) mass is 255 g/mol. The molecule has 0 aliphatic carbocycles. The van der Waals surface area contributed by atoms with Crippen LogP contribution in [0.2, 0.25) is 0 Å². The van der Waals surface area contributed by atoms with Crippen LogP contribution < -0.4 is 10.1 Å². The lowest BCUT2D eigenvalue weighted by Crippen LogP contribution is -2.05. The minimum absolute atomic E-state index is 0.0683. The molecule has 2 rings (SSSR count). The molecule has 0 aromatic heterocycles. The van der Waals surface area contributed by atoms with Crippen molar-refractivity contribution in [1.29, 1.82) is 0 Å². The normalized spacial score (nSPS) is 10.1. The Morgan fingerprint density at radius 2 is 1.79 bits per heavy atom. The molecule has 0 heterocycles. The fraction of sp³-hybridized carbons (Fsp3) is 0.188. The molecule has 0 fully saturated rings. The van der Waals surface area contributed by atoms with Crippen LogP contribution in [0.15, 0.2) is 42.5 Å². The van der Waals surface area contributed by atoms with Crippen LogP contribution in [0.5, 0.6) is 5.75 Å². The molecule has 0 unspecified atom stereocenters. The van der Waals surface area contributed by atoms with E-state index in [1.165, 1.54) is 6.92 Å². The summed E-state index contributed by atoms with van der Waals surface area (Å²) in [7, 11) is 1.67. The SMILES string of the molecule is COc1cccc(C)c1-c1ccc(NC(C)=O)cc1. The molecule has 0 saturated heterocycles. The van der Waals surface area contributed by atoms with Crippen LogP contribution in [-0.4, -0.2) is 13.0 Å². The Morgan fingerprint density at radius 1 is 1.11 bits per heavy atom. The first-order valence-corrected chi connectivity index (χ1v) is 6.13. The fourth-order valence-electron chi connectivity index (χ4n) is 2.10. The second-order valence-corrected chi connectivity index (χ2v) is 4.41. The Kier molecular flexibility index (Phi) is 3.85. The van der Waals surface area contributed by atoms with Crippen molar-refractivity contribution in [2.45, 2.75) is 13.8 Å². The van der Waals surface area contributed by atoms with Gasteiger partial charge in [-0.2, -0.15) is 0 Å². The van der Waals surface area contributed by atoms with E-state index in [9.17, 15) is 4.79 Å². The lowest BCUT2D eigenvalue weighted by molar-refractivity contribution is -0.114. The number of amides is 1. The highest BCUT2D eigenvalue weighted by Gasteiger charge is 2.08. The average Bonchev–Trinajstić information content (AvgIpc) is 2.39. The third-order valence-corrected chi connectivity index (χ3v) is 2.95. The van der Waals surface area contributed by atoms with Crippen molar-refractivity contribution in [1.82, 2.24) is 0 Å². The highest BCUT2D eigenvalue weighted by molar-refractivity contribution is 5.89. The largest absolute Gasteiger partial charge is 0.496 e. The van der Waals surface area contributed by atoms with Crippen LogP contribution in [-0.2, 0) is 4.79 Å². The van der Waals surface area contributed by atoms with Gasteiger partial charge in [0.2, 0.25) is 5.91 Å². The summed E-state index contributed by atoms with van der Waals surface area (Å²) < 4.78 is 5.41. The molecule has 3 nitrogen and oxygen atoms in total. The van der Waals surface area contributed by atoms with E-state index >= 15 is 0 Å².